The molecule has 0 aliphatic heterocycles. The van der Waals surface area contributed by atoms with Crippen molar-refractivity contribution in [2.24, 2.45) is 0 Å². The SMILES string of the molecule is COc1c(F)cccc1NC(C)=S. The van der Waals surface area contributed by atoms with Gasteiger partial charge in [0, 0.05) is 0 Å². The minimum atomic E-state index is -0.399. The topological polar surface area (TPSA) is 21.3 Å². The molecule has 1 aromatic rings. The molecule has 0 aromatic heterocycles. The smallest absolute Gasteiger partial charge is 0.177 e. The Morgan fingerprint density at radius 1 is 1.54 bits per heavy atom. The van der Waals surface area contributed by atoms with Crippen molar-refractivity contribution in [3.63, 3.8) is 0 Å². The first-order valence-electron chi connectivity index (χ1n) is 3.75. The lowest BCUT2D eigenvalue weighted by atomic mass is 10.3. The van der Waals surface area contributed by atoms with Crippen molar-refractivity contribution in [2.45, 2.75) is 6.92 Å². The highest BCUT2D eigenvalue weighted by Crippen LogP contribution is 2.26. The number of halogens is 1. The van der Waals surface area contributed by atoms with E-state index in [0.29, 0.717) is 10.7 Å². The maximum absolute atomic E-state index is 13.1. The molecule has 0 aliphatic rings. The summed E-state index contributed by atoms with van der Waals surface area (Å²) in [5, 5.41) is 2.83. The van der Waals surface area contributed by atoms with E-state index in [4.69, 9.17) is 17.0 Å². The molecule has 2 nitrogen and oxygen atoms in total. The fraction of sp³-hybridized carbons (Fsp3) is 0.222. The van der Waals surface area contributed by atoms with E-state index in [1.807, 2.05) is 0 Å². The van der Waals surface area contributed by atoms with Crippen LogP contribution in [0.15, 0.2) is 18.2 Å². The highest BCUT2D eigenvalue weighted by atomic mass is 32.1. The number of hydrogen-bond donors (Lipinski definition) is 1. The van der Waals surface area contributed by atoms with E-state index in [1.165, 1.54) is 13.2 Å². The molecule has 0 atom stereocenters. The fourth-order valence-corrected chi connectivity index (χ4v) is 1.11. The van der Waals surface area contributed by atoms with Gasteiger partial charge in [-0.3, -0.25) is 0 Å². The van der Waals surface area contributed by atoms with Crippen LogP contribution >= 0.6 is 12.2 Å². The maximum Gasteiger partial charge on any atom is 0.177 e. The van der Waals surface area contributed by atoms with Crippen molar-refractivity contribution in [1.82, 2.24) is 0 Å². The Labute approximate surface area is 81.7 Å². The minimum absolute atomic E-state index is 0.187. The van der Waals surface area contributed by atoms with E-state index in [9.17, 15) is 4.39 Å². The molecule has 0 amide bonds. The van der Waals surface area contributed by atoms with Gasteiger partial charge in [-0.1, -0.05) is 18.3 Å². The van der Waals surface area contributed by atoms with Gasteiger partial charge in [-0.2, -0.15) is 0 Å². The van der Waals surface area contributed by atoms with Gasteiger partial charge in [0.1, 0.15) is 0 Å². The number of hydrogen-bond acceptors (Lipinski definition) is 2. The van der Waals surface area contributed by atoms with Gasteiger partial charge in [0.15, 0.2) is 11.6 Å². The molecular formula is C9H10FNOS. The van der Waals surface area contributed by atoms with Crippen LogP contribution in [0.25, 0.3) is 0 Å². The first kappa shape index (κ1) is 9.92. The molecule has 0 radical (unpaired) electrons. The summed E-state index contributed by atoms with van der Waals surface area (Å²) in [5.74, 6) is -0.213. The summed E-state index contributed by atoms with van der Waals surface area (Å²) in [6, 6.07) is 4.64. The average molecular weight is 199 g/mol. The van der Waals surface area contributed by atoms with E-state index in [-0.39, 0.29) is 5.75 Å². The third kappa shape index (κ3) is 2.39. The van der Waals surface area contributed by atoms with Crippen LogP contribution in [0.4, 0.5) is 10.1 Å². The molecule has 0 bridgehead atoms. The van der Waals surface area contributed by atoms with E-state index in [1.54, 1.807) is 19.1 Å². The Bertz CT molecular complexity index is 327. The number of anilines is 1. The number of ether oxygens (including phenoxy) is 1. The zero-order valence-electron chi connectivity index (χ0n) is 7.43. The van der Waals surface area contributed by atoms with Crippen LogP contribution in [0.1, 0.15) is 6.92 Å². The Kier molecular flexibility index (Phi) is 3.19. The lowest BCUT2D eigenvalue weighted by Crippen LogP contribution is -2.05. The van der Waals surface area contributed by atoms with E-state index in [2.05, 4.69) is 5.32 Å². The van der Waals surface area contributed by atoms with Crippen LogP contribution in [0.5, 0.6) is 5.75 Å². The molecule has 0 aliphatic carbocycles. The molecule has 1 rings (SSSR count). The maximum atomic E-state index is 13.1. The van der Waals surface area contributed by atoms with Gasteiger partial charge in [-0.05, 0) is 19.1 Å². The molecule has 13 heavy (non-hydrogen) atoms. The summed E-state index contributed by atoms with van der Waals surface area (Å²) >= 11 is 4.84. The van der Waals surface area contributed by atoms with Gasteiger partial charge in [0.2, 0.25) is 0 Å². The van der Waals surface area contributed by atoms with Crippen LogP contribution in [-0.2, 0) is 0 Å². The van der Waals surface area contributed by atoms with Gasteiger partial charge in [0.05, 0.1) is 17.8 Å². The number of benzene rings is 1. The standard InChI is InChI=1S/C9H10FNOS/c1-6(13)11-8-5-3-4-7(10)9(8)12-2/h3-5H,1-2H3,(H,11,13). The van der Waals surface area contributed by atoms with Crippen molar-refractivity contribution in [3.05, 3.63) is 24.0 Å². The van der Waals surface area contributed by atoms with Crippen LogP contribution in [0, 0.1) is 5.82 Å². The third-order valence-electron chi connectivity index (χ3n) is 1.48. The molecule has 0 heterocycles. The molecule has 0 saturated heterocycles. The summed E-state index contributed by atoms with van der Waals surface area (Å²) in [7, 11) is 1.42. The van der Waals surface area contributed by atoms with Crippen molar-refractivity contribution >= 4 is 22.9 Å². The number of methoxy groups -OCH3 is 1. The van der Waals surface area contributed by atoms with Crippen LogP contribution < -0.4 is 10.1 Å². The second kappa shape index (κ2) is 4.18. The fourth-order valence-electron chi connectivity index (χ4n) is 1.00. The van der Waals surface area contributed by atoms with Gasteiger partial charge in [-0.25, -0.2) is 4.39 Å². The molecule has 0 spiro atoms. The Morgan fingerprint density at radius 2 is 2.23 bits per heavy atom. The molecule has 0 saturated carbocycles. The largest absolute Gasteiger partial charge is 0.492 e. The summed E-state index contributed by atoms with van der Waals surface area (Å²) in [4.78, 5) is 0.573. The number of thiocarbonyl (C=S) groups is 1. The highest BCUT2D eigenvalue weighted by Gasteiger charge is 2.07. The normalized spacial score (nSPS) is 9.46. The van der Waals surface area contributed by atoms with Crippen molar-refractivity contribution < 1.29 is 9.13 Å². The molecule has 0 unspecified atom stereocenters. The number of para-hydroxylation sites is 1. The van der Waals surface area contributed by atoms with Gasteiger partial charge in [-0.15, -0.1) is 0 Å². The van der Waals surface area contributed by atoms with E-state index < -0.39 is 5.82 Å². The lowest BCUT2D eigenvalue weighted by Gasteiger charge is -2.09. The molecule has 1 aromatic carbocycles. The monoisotopic (exact) mass is 199 g/mol. The van der Waals surface area contributed by atoms with Crippen LogP contribution in [0.2, 0.25) is 0 Å². The molecule has 70 valence electrons. The Morgan fingerprint density at radius 3 is 2.77 bits per heavy atom. The predicted molar refractivity (Wildman–Crippen MR) is 54.8 cm³/mol. The van der Waals surface area contributed by atoms with Gasteiger partial charge >= 0.3 is 0 Å². The molecular weight excluding hydrogens is 189 g/mol. The molecule has 4 heteroatoms. The highest BCUT2D eigenvalue weighted by molar-refractivity contribution is 7.80. The van der Waals surface area contributed by atoms with Crippen LogP contribution in [-0.4, -0.2) is 12.1 Å². The predicted octanol–water partition coefficient (Wildman–Crippen LogP) is 2.59. The minimum Gasteiger partial charge on any atom is -0.492 e. The van der Waals surface area contributed by atoms with Crippen molar-refractivity contribution in [3.8, 4) is 5.75 Å². The van der Waals surface area contributed by atoms with Crippen molar-refractivity contribution in [2.75, 3.05) is 12.4 Å². The summed E-state index contributed by atoms with van der Waals surface area (Å²) < 4.78 is 18.0. The molecule has 0 fully saturated rings. The Hall–Kier alpha value is -1.16. The van der Waals surface area contributed by atoms with Gasteiger partial charge in [0.25, 0.3) is 0 Å². The van der Waals surface area contributed by atoms with E-state index in [0.717, 1.165) is 0 Å². The second-order valence-corrected chi connectivity index (χ2v) is 3.11. The zero-order valence-corrected chi connectivity index (χ0v) is 8.24. The van der Waals surface area contributed by atoms with Crippen molar-refractivity contribution in [1.29, 1.82) is 0 Å². The first-order chi connectivity index (χ1) is 6.15. The second-order valence-electron chi connectivity index (χ2n) is 2.50. The van der Waals surface area contributed by atoms with Gasteiger partial charge < -0.3 is 10.1 Å². The van der Waals surface area contributed by atoms with E-state index >= 15 is 0 Å². The third-order valence-corrected chi connectivity index (χ3v) is 1.58. The number of rotatable bonds is 2. The lowest BCUT2D eigenvalue weighted by molar-refractivity contribution is 0.389. The summed E-state index contributed by atoms with van der Waals surface area (Å²) in [6.07, 6.45) is 0. The summed E-state index contributed by atoms with van der Waals surface area (Å²) in [6.45, 7) is 1.72. The quantitative estimate of drug-likeness (QED) is 0.740. The number of nitrogens with one attached hydrogen (secondary N) is 1. The molecule has 1 N–H and O–H groups in total. The first-order valence-corrected chi connectivity index (χ1v) is 4.16. The Balaban J connectivity index is 3.05. The average Bonchev–Trinajstić information content (AvgIpc) is 2.03. The van der Waals surface area contributed by atoms with Crippen LogP contribution in [0.3, 0.4) is 0 Å². The zero-order chi connectivity index (χ0) is 9.84. The summed E-state index contributed by atoms with van der Waals surface area (Å²) in [5.41, 5.74) is 0.551.